The second kappa shape index (κ2) is 10.4. The van der Waals surface area contributed by atoms with Crippen LogP contribution in [0.1, 0.15) is 18.5 Å². The third-order valence-corrected chi connectivity index (χ3v) is 5.84. The first-order valence-corrected chi connectivity index (χ1v) is 11.8. The van der Waals surface area contributed by atoms with Crippen LogP contribution in [0.4, 0.5) is 0 Å². The second-order valence-electron chi connectivity index (χ2n) is 8.51. The van der Waals surface area contributed by atoms with Gasteiger partial charge in [0.25, 0.3) is 5.56 Å². The van der Waals surface area contributed by atoms with Crippen molar-refractivity contribution in [3.05, 3.63) is 94.8 Å². The van der Waals surface area contributed by atoms with Gasteiger partial charge in [0.15, 0.2) is 11.5 Å². The number of amides is 1. The summed E-state index contributed by atoms with van der Waals surface area (Å²) >= 11 is 0. The van der Waals surface area contributed by atoms with E-state index in [1.54, 1.807) is 29.6 Å². The number of aromatic nitrogens is 6. The molecule has 0 spiro atoms. The third kappa shape index (κ3) is 5.22. The second-order valence-corrected chi connectivity index (χ2v) is 8.51. The molecule has 0 saturated carbocycles. The quantitative estimate of drug-likeness (QED) is 0.329. The molecule has 5 rings (SSSR count). The maximum atomic E-state index is 12.7. The Bertz CT molecular complexity index is 1590. The molecule has 10 heteroatoms. The Morgan fingerprint density at radius 1 is 0.919 bits per heavy atom. The summed E-state index contributed by atoms with van der Waals surface area (Å²) in [5, 5.41) is 20.0. The van der Waals surface area contributed by atoms with Crippen molar-refractivity contribution < 1.29 is 9.53 Å². The van der Waals surface area contributed by atoms with Gasteiger partial charge in [-0.1, -0.05) is 60.2 Å². The van der Waals surface area contributed by atoms with Crippen molar-refractivity contribution in [1.29, 1.82) is 0 Å². The van der Waals surface area contributed by atoms with E-state index in [4.69, 9.17) is 4.74 Å². The molecule has 0 fully saturated rings. The summed E-state index contributed by atoms with van der Waals surface area (Å²) in [6, 6.07) is 23.2. The number of nitrogens with zero attached hydrogens (tertiary/aromatic N) is 6. The van der Waals surface area contributed by atoms with Crippen LogP contribution in [0.2, 0.25) is 0 Å². The zero-order chi connectivity index (χ0) is 25.8. The SMILES string of the molecule is Cc1ccc(-c2ccc(=O)n(C(C)C(=O)NCCOc3ccc4nnc(-c5ccccc5)n4n3)n2)cc1. The standard InChI is InChI=1S/C27H25N7O3/c1-18-8-10-20(11-9-18)22-12-15-25(35)33(31-22)19(2)27(36)28-16-17-37-24-14-13-23-29-30-26(34(23)32-24)21-6-4-3-5-7-21/h3-15,19H,16-17H2,1-2H3,(H,28,36). The fraction of sp³-hybridized carbons (Fsp3) is 0.185. The lowest BCUT2D eigenvalue weighted by molar-refractivity contribution is -0.124. The topological polar surface area (TPSA) is 116 Å². The van der Waals surface area contributed by atoms with E-state index in [1.165, 1.54) is 10.7 Å². The molecule has 0 aliphatic rings. The Kier molecular flexibility index (Phi) is 6.71. The van der Waals surface area contributed by atoms with Gasteiger partial charge in [-0.05, 0) is 26.0 Å². The molecule has 186 valence electrons. The highest BCUT2D eigenvalue weighted by atomic mass is 16.5. The average molecular weight is 496 g/mol. The Morgan fingerprint density at radius 3 is 2.49 bits per heavy atom. The van der Waals surface area contributed by atoms with Crippen LogP contribution < -0.4 is 15.6 Å². The Balaban J connectivity index is 1.21. The summed E-state index contributed by atoms with van der Waals surface area (Å²) in [7, 11) is 0. The van der Waals surface area contributed by atoms with Crippen LogP contribution in [0, 0.1) is 6.92 Å². The van der Waals surface area contributed by atoms with Crippen molar-refractivity contribution in [3.8, 4) is 28.5 Å². The molecule has 10 nitrogen and oxygen atoms in total. The maximum Gasteiger partial charge on any atom is 0.267 e. The number of ether oxygens (including phenoxy) is 1. The smallest absolute Gasteiger partial charge is 0.267 e. The van der Waals surface area contributed by atoms with Gasteiger partial charge in [0, 0.05) is 23.3 Å². The highest BCUT2D eigenvalue weighted by Crippen LogP contribution is 2.19. The number of hydrogen-bond donors (Lipinski definition) is 1. The van der Waals surface area contributed by atoms with Crippen LogP contribution >= 0.6 is 0 Å². The van der Waals surface area contributed by atoms with Crippen molar-refractivity contribution in [2.24, 2.45) is 0 Å². The van der Waals surface area contributed by atoms with Crippen LogP contribution in [0.25, 0.3) is 28.3 Å². The zero-order valence-electron chi connectivity index (χ0n) is 20.4. The molecule has 0 bridgehead atoms. The molecular weight excluding hydrogens is 470 g/mol. The van der Waals surface area contributed by atoms with E-state index < -0.39 is 6.04 Å². The first-order valence-electron chi connectivity index (χ1n) is 11.8. The lowest BCUT2D eigenvalue weighted by atomic mass is 10.1. The number of nitrogens with one attached hydrogen (secondary N) is 1. The van der Waals surface area contributed by atoms with Gasteiger partial charge >= 0.3 is 0 Å². The van der Waals surface area contributed by atoms with Gasteiger partial charge in [-0.2, -0.15) is 9.61 Å². The number of carbonyl (C=O) groups is 1. The summed E-state index contributed by atoms with van der Waals surface area (Å²) in [6.45, 7) is 4.05. The number of aryl methyl sites for hydroxylation is 1. The van der Waals surface area contributed by atoms with Crippen LogP contribution in [-0.2, 0) is 4.79 Å². The van der Waals surface area contributed by atoms with E-state index in [0.29, 0.717) is 23.0 Å². The summed E-state index contributed by atoms with van der Waals surface area (Å²) in [4.78, 5) is 25.1. The van der Waals surface area contributed by atoms with Gasteiger partial charge in [-0.25, -0.2) is 4.68 Å². The van der Waals surface area contributed by atoms with E-state index in [9.17, 15) is 9.59 Å². The summed E-state index contributed by atoms with van der Waals surface area (Å²) in [5.74, 6) is 0.636. The molecule has 5 aromatic rings. The molecule has 0 aliphatic heterocycles. The molecule has 0 saturated heterocycles. The summed E-state index contributed by atoms with van der Waals surface area (Å²) in [5.41, 5.74) is 3.74. The van der Waals surface area contributed by atoms with E-state index in [0.717, 1.165) is 16.7 Å². The highest BCUT2D eigenvalue weighted by Gasteiger charge is 2.18. The predicted molar refractivity (Wildman–Crippen MR) is 138 cm³/mol. The minimum Gasteiger partial charge on any atom is -0.475 e. The molecule has 37 heavy (non-hydrogen) atoms. The number of rotatable bonds is 8. The molecule has 1 N–H and O–H groups in total. The summed E-state index contributed by atoms with van der Waals surface area (Å²) in [6.07, 6.45) is 0. The van der Waals surface area contributed by atoms with Crippen molar-refractivity contribution in [2.75, 3.05) is 13.2 Å². The molecule has 3 heterocycles. The van der Waals surface area contributed by atoms with Crippen molar-refractivity contribution in [3.63, 3.8) is 0 Å². The monoisotopic (exact) mass is 495 g/mol. The van der Waals surface area contributed by atoms with Crippen molar-refractivity contribution in [1.82, 2.24) is 34.9 Å². The van der Waals surface area contributed by atoms with Crippen LogP contribution in [0.5, 0.6) is 5.88 Å². The molecule has 1 unspecified atom stereocenters. The van der Waals surface area contributed by atoms with E-state index >= 15 is 0 Å². The Morgan fingerprint density at radius 2 is 1.70 bits per heavy atom. The number of fused-ring (bicyclic) bond motifs is 1. The van der Waals surface area contributed by atoms with Crippen molar-refractivity contribution >= 4 is 11.6 Å². The van der Waals surface area contributed by atoms with Gasteiger partial charge in [0.2, 0.25) is 11.8 Å². The van der Waals surface area contributed by atoms with E-state index in [2.05, 4.69) is 25.7 Å². The van der Waals surface area contributed by atoms with Gasteiger partial charge in [-0.3, -0.25) is 9.59 Å². The van der Waals surface area contributed by atoms with Gasteiger partial charge in [0.05, 0.1) is 12.2 Å². The highest BCUT2D eigenvalue weighted by molar-refractivity contribution is 5.79. The Labute approximate surface area is 212 Å². The molecule has 0 aliphatic carbocycles. The first-order chi connectivity index (χ1) is 18.0. The average Bonchev–Trinajstić information content (AvgIpc) is 3.35. The van der Waals surface area contributed by atoms with E-state index in [1.807, 2.05) is 61.5 Å². The molecule has 1 atom stereocenters. The lowest BCUT2D eigenvalue weighted by Crippen LogP contribution is -2.38. The Hall–Kier alpha value is -4.86. The van der Waals surface area contributed by atoms with Crippen LogP contribution in [0.3, 0.4) is 0 Å². The minimum absolute atomic E-state index is 0.186. The van der Waals surface area contributed by atoms with Crippen LogP contribution in [-0.4, -0.2) is 48.7 Å². The summed E-state index contributed by atoms with van der Waals surface area (Å²) < 4.78 is 8.54. The van der Waals surface area contributed by atoms with Crippen LogP contribution in [0.15, 0.2) is 83.7 Å². The van der Waals surface area contributed by atoms with Crippen molar-refractivity contribution in [2.45, 2.75) is 19.9 Å². The first kappa shape index (κ1) is 23.9. The molecule has 2 aromatic carbocycles. The maximum absolute atomic E-state index is 12.7. The molecule has 1 amide bonds. The normalized spacial score (nSPS) is 11.8. The predicted octanol–water partition coefficient (Wildman–Crippen LogP) is 3.08. The van der Waals surface area contributed by atoms with Gasteiger partial charge in [0.1, 0.15) is 12.6 Å². The fourth-order valence-electron chi connectivity index (χ4n) is 3.79. The number of carbonyl (C=O) groups excluding carboxylic acids is 1. The largest absolute Gasteiger partial charge is 0.475 e. The third-order valence-electron chi connectivity index (χ3n) is 5.84. The minimum atomic E-state index is -0.794. The molecule has 3 aromatic heterocycles. The fourth-order valence-corrected chi connectivity index (χ4v) is 3.79. The zero-order valence-corrected chi connectivity index (χ0v) is 20.4. The lowest BCUT2D eigenvalue weighted by Gasteiger charge is -2.15. The van der Waals surface area contributed by atoms with Gasteiger partial charge < -0.3 is 10.1 Å². The molecule has 0 radical (unpaired) electrons. The number of hydrogen-bond acceptors (Lipinski definition) is 7. The van der Waals surface area contributed by atoms with E-state index in [-0.39, 0.29) is 24.6 Å². The number of benzene rings is 2. The molecular formula is C27H25N7O3. The van der Waals surface area contributed by atoms with Gasteiger partial charge in [-0.15, -0.1) is 15.3 Å².